The minimum Gasteiger partial charge on any atom is -0.349 e. The summed E-state index contributed by atoms with van der Waals surface area (Å²) < 4.78 is 2.12. The first kappa shape index (κ1) is 27.1. The van der Waals surface area contributed by atoms with Gasteiger partial charge >= 0.3 is 0 Å². The smallest absolute Gasteiger partial charge is 0.258 e. The predicted octanol–water partition coefficient (Wildman–Crippen LogP) is 5.02. The molecule has 2 aliphatic rings. The molecule has 4 heterocycles. The molecule has 35 heavy (non-hydrogen) atoms. The average Bonchev–Trinajstić information content (AvgIpc) is 3.17. The number of rotatable bonds is 6. The minimum atomic E-state index is 0. The molecule has 0 bridgehead atoms. The van der Waals surface area contributed by atoms with Gasteiger partial charge in [-0.15, -0.1) is 24.8 Å². The maximum Gasteiger partial charge on any atom is 0.258 e. The fourth-order valence-corrected chi connectivity index (χ4v) is 5.66. The fraction of sp³-hybridized carbons (Fsp3) is 0.346. The molecule has 0 unspecified atom stereocenters. The second-order valence-electron chi connectivity index (χ2n) is 8.76. The molecule has 6 nitrogen and oxygen atoms in total. The zero-order valence-corrected chi connectivity index (χ0v) is 22.0. The Morgan fingerprint density at radius 1 is 1.20 bits per heavy atom. The van der Waals surface area contributed by atoms with E-state index < -0.39 is 0 Å². The number of piperidine rings is 1. The summed E-state index contributed by atoms with van der Waals surface area (Å²) in [6, 6.07) is 16.3. The van der Waals surface area contributed by atoms with Crippen molar-refractivity contribution in [2.75, 3.05) is 19.6 Å². The van der Waals surface area contributed by atoms with Crippen LogP contribution in [0.15, 0.2) is 52.4 Å². The molecule has 0 spiro atoms. The van der Waals surface area contributed by atoms with Crippen molar-refractivity contribution in [3.05, 3.63) is 69.9 Å². The van der Waals surface area contributed by atoms with Gasteiger partial charge in [0.15, 0.2) is 0 Å². The third kappa shape index (κ3) is 6.02. The van der Waals surface area contributed by atoms with E-state index in [1.165, 1.54) is 17.3 Å². The van der Waals surface area contributed by atoms with Gasteiger partial charge in [-0.25, -0.2) is 4.98 Å². The molecular weight excluding hydrogens is 501 g/mol. The molecule has 0 atom stereocenters. The zero-order valence-electron chi connectivity index (χ0n) is 19.6. The van der Waals surface area contributed by atoms with E-state index in [9.17, 15) is 4.79 Å². The molecule has 2 aromatic heterocycles. The Kier molecular flexibility index (Phi) is 9.26. The molecule has 9 heteroatoms. The SMILES string of the molecule is Cc1nc2cccc3n2c1C=C(C(=O)NC1CCN(CCCc2cccc(C#N)c2)CC1)S3.Cl.Cl. The zero-order chi connectivity index (χ0) is 22.8. The highest BCUT2D eigenvalue weighted by Gasteiger charge is 2.25. The van der Waals surface area contributed by atoms with E-state index in [4.69, 9.17) is 5.26 Å². The summed E-state index contributed by atoms with van der Waals surface area (Å²) in [5, 5.41) is 13.3. The van der Waals surface area contributed by atoms with Gasteiger partial charge in [-0.1, -0.05) is 30.0 Å². The highest BCUT2D eigenvalue weighted by Crippen LogP contribution is 2.35. The molecule has 1 fully saturated rings. The van der Waals surface area contributed by atoms with Crippen molar-refractivity contribution in [2.45, 2.75) is 43.7 Å². The molecule has 1 aromatic carbocycles. The van der Waals surface area contributed by atoms with E-state index in [1.54, 1.807) is 0 Å². The summed E-state index contributed by atoms with van der Waals surface area (Å²) in [6.07, 6.45) is 5.98. The number of carbonyl (C=O) groups is 1. The van der Waals surface area contributed by atoms with Crippen LogP contribution in [-0.2, 0) is 11.2 Å². The van der Waals surface area contributed by atoms with E-state index in [2.05, 4.69) is 31.7 Å². The van der Waals surface area contributed by atoms with Crippen LogP contribution in [-0.4, -0.2) is 45.9 Å². The molecule has 0 aliphatic carbocycles. The third-order valence-electron chi connectivity index (χ3n) is 6.45. The number of aryl methyl sites for hydroxylation is 2. The number of thioether (sulfide) groups is 1. The van der Waals surface area contributed by atoms with Crippen LogP contribution in [0.5, 0.6) is 0 Å². The molecule has 1 amide bonds. The standard InChI is InChI=1S/C26H27N5OS.2ClH/c1-18-22-16-23(33-25-9-3-8-24(28-18)31(22)25)26(32)29-21-10-13-30(14-11-21)12-4-7-19-5-2-6-20(15-19)17-27;;/h2-3,5-6,8-9,15-16,21H,4,7,10-14H2,1H3,(H,29,32);2*1H. The van der Waals surface area contributed by atoms with Gasteiger partial charge in [0, 0.05) is 19.1 Å². The topological polar surface area (TPSA) is 73.4 Å². The van der Waals surface area contributed by atoms with Crippen molar-refractivity contribution in [2.24, 2.45) is 0 Å². The van der Waals surface area contributed by atoms with Crippen molar-refractivity contribution in [1.82, 2.24) is 19.6 Å². The molecule has 1 N–H and O–H groups in total. The number of hydrogen-bond donors (Lipinski definition) is 1. The highest BCUT2D eigenvalue weighted by molar-refractivity contribution is 8.04. The number of likely N-dealkylation sites (tertiary alicyclic amines) is 1. The number of aromatic nitrogens is 2. The number of carbonyl (C=O) groups excluding carboxylic acids is 1. The second-order valence-corrected chi connectivity index (χ2v) is 9.82. The summed E-state index contributed by atoms with van der Waals surface area (Å²) >= 11 is 1.51. The third-order valence-corrected chi connectivity index (χ3v) is 7.50. The van der Waals surface area contributed by atoms with Gasteiger partial charge in [0.2, 0.25) is 0 Å². The number of halogens is 2. The number of imidazole rings is 1. The lowest BCUT2D eigenvalue weighted by molar-refractivity contribution is -0.117. The summed E-state index contributed by atoms with van der Waals surface area (Å²) in [6.45, 7) is 5.04. The lowest BCUT2D eigenvalue weighted by Gasteiger charge is -2.32. The summed E-state index contributed by atoms with van der Waals surface area (Å²) in [4.78, 5) is 20.9. The highest BCUT2D eigenvalue weighted by atomic mass is 35.5. The molecule has 1 saturated heterocycles. The number of pyridine rings is 1. The molecule has 3 aromatic rings. The largest absolute Gasteiger partial charge is 0.349 e. The number of benzene rings is 1. The van der Waals surface area contributed by atoms with E-state index in [1.807, 2.05) is 49.4 Å². The van der Waals surface area contributed by atoms with Gasteiger partial charge in [0.05, 0.1) is 33.0 Å². The fourth-order valence-electron chi connectivity index (χ4n) is 4.69. The van der Waals surface area contributed by atoms with Crippen LogP contribution in [0, 0.1) is 18.3 Å². The summed E-state index contributed by atoms with van der Waals surface area (Å²) in [5.74, 6) is 0.0136. The monoisotopic (exact) mass is 529 g/mol. The van der Waals surface area contributed by atoms with E-state index in [-0.39, 0.29) is 36.8 Å². The number of nitriles is 1. The van der Waals surface area contributed by atoms with Crippen LogP contribution in [0.3, 0.4) is 0 Å². The molecule has 0 saturated carbocycles. The Balaban J connectivity index is 0.00000171. The second kappa shape index (κ2) is 12.0. The lowest BCUT2D eigenvalue weighted by Crippen LogP contribution is -2.45. The van der Waals surface area contributed by atoms with Crippen LogP contribution < -0.4 is 5.32 Å². The van der Waals surface area contributed by atoms with Crippen molar-refractivity contribution < 1.29 is 4.79 Å². The molecule has 5 rings (SSSR count). The Bertz CT molecular complexity index is 1270. The quantitative estimate of drug-likeness (QED) is 0.485. The Hall–Kier alpha value is -2.50. The van der Waals surface area contributed by atoms with Crippen LogP contribution in [0.2, 0.25) is 0 Å². The van der Waals surface area contributed by atoms with Crippen molar-refractivity contribution in [1.29, 1.82) is 5.26 Å². The van der Waals surface area contributed by atoms with Gasteiger partial charge in [-0.2, -0.15) is 5.26 Å². The number of nitrogens with one attached hydrogen (secondary N) is 1. The van der Waals surface area contributed by atoms with Crippen molar-refractivity contribution in [3.8, 4) is 6.07 Å². The van der Waals surface area contributed by atoms with Crippen LogP contribution >= 0.6 is 36.6 Å². The molecule has 2 aliphatic heterocycles. The van der Waals surface area contributed by atoms with Gasteiger partial charge in [-0.3, -0.25) is 9.20 Å². The first-order chi connectivity index (χ1) is 16.1. The van der Waals surface area contributed by atoms with E-state index in [0.29, 0.717) is 0 Å². The lowest BCUT2D eigenvalue weighted by atomic mass is 10.0. The summed E-state index contributed by atoms with van der Waals surface area (Å²) in [7, 11) is 0. The van der Waals surface area contributed by atoms with Gasteiger partial charge in [0.1, 0.15) is 5.65 Å². The number of nitrogens with zero attached hydrogens (tertiary/aromatic N) is 4. The maximum absolute atomic E-state index is 13.0. The van der Waals surface area contributed by atoms with E-state index in [0.717, 1.165) is 77.8 Å². The van der Waals surface area contributed by atoms with Crippen LogP contribution in [0.4, 0.5) is 0 Å². The Morgan fingerprint density at radius 3 is 2.74 bits per heavy atom. The molecule has 0 radical (unpaired) electrons. The maximum atomic E-state index is 13.0. The van der Waals surface area contributed by atoms with Crippen LogP contribution in [0.25, 0.3) is 11.7 Å². The number of amides is 1. The first-order valence-corrected chi connectivity index (χ1v) is 12.3. The van der Waals surface area contributed by atoms with Crippen molar-refractivity contribution >= 4 is 54.2 Å². The van der Waals surface area contributed by atoms with Gasteiger partial charge in [-0.05, 0) is 75.1 Å². The number of hydrogen-bond acceptors (Lipinski definition) is 5. The Labute approximate surface area is 222 Å². The van der Waals surface area contributed by atoms with Crippen molar-refractivity contribution in [3.63, 3.8) is 0 Å². The van der Waals surface area contributed by atoms with Gasteiger partial charge in [0.25, 0.3) is 5.91 Å². The normalized spacial score (nSPS) is 15.5. The average molecular weight is 531 g/mol. The molecular formula is C26H29Cl2N5OS. The van der Waals surface area contributed by atoms with E-state index >= 15 is 0 Å². The summed E-state index contributed by atoms with van der Waals surface area (Å²) in [5.41, 5.74) is 4.82. The van der Waals surface area contributed by atoms with Gasteiger partial charge < -0.3 is 10.2 Å². The minimum absolute atomic E-state index is 0. The Morgan fingerprint density at radius 2 is 1.97 bits per heavy atom. The van der Waals surface area contributed by atoms with Crippen LogP contribution in [0.1, 0.15) is 41.8 Å². The predicted molar refractivity (Wildman–Crippen MR) is 145 cm³/mol. The first-order valence-electron chi connectivity index (χ1n) is 11.5. The molecule has 184 valence electrons.